The normalized spacial score (nSPS) is 10.5. The van der Waals surface area contributed by atoms with Crippen LogP contribution in [0, 0.1) is 6.92 Å². The number of aromatic nitrogens is 2. The van der Waals surface area contributed by atoms with Gasteiger partial charge in [0.05, 0.1) is 5.56 Å². The summed E-state index contributed by atoms with van der Waals surface area (Å²) in [6.07, 6.45) is 4.30. The third-order valence-corrected chi connectivity index (χ3v) is 4.64. The number of benzene rings is 1. The van der Waals surface area contributed by atoms with Crippen molar-refractivity contribution < 1.29 is 4.79 Å². The lowest BCUT2D eigenvalue weighted by molar-refractivity contribution is 0.102. The summed E-state index contributed by atoms with van der Waals surface area (Å²) < 4.78 is 0. The van der Waals surface area contributed by atoms with E-state index in [1.54, 1.807) is 18.3 Å². The largest absolute Gasteiger partial charge is 0.362 e. The predicted molar refractivity (Wildman–Crippen MR) is 103 cm³/mol. The lowest BCUT2D eigenvalue weighted by atomic mass is 10.1. The highest BCUT2D eigenvalue weighted by Crippen LogP contribution is 2.23. The van der Waals surface area contributed by atoms with Crippen molar-refractivity contribution in [2.24, 2.45) is 0 Å². The molecular formula is C19H20N4OS. The zero-order valence-corrected chi connectivity index (χ0v) is 15.3. The number of pyridine rings is 1. The van der Waals surface area contributed by atoms with E-state index in [4.69, 9.17) is 0 Å². The van der Waals surface area contributed by atoms with E-state index in [0.29, 0.717) is 16.5 Å². The van der Waals surface area contributed by atoms with Crippen molar-refractivity contribution in [1.29, 1.82) is 0 Å². The molecule has 0 saturated carbocycles. The number of hydrogen-bond acceptors (Lipinski definition) is 5. The molecule has 0 atom stereocenters. The minimum atomic E-state index is -0.201. The first-order chi connectivity index (χ1) is 12.0. The Hall–Kier alpha value is -2.73. The van der Waals surface area contributed by atoms with Crippen LogP contribution in [0.5, 0.6) is 0 Å². The van der Waals surface area contributed by atoms with Crippen LogP contribution in [-0.4, -0.2) is 30.0 Å². The Balaban J connectivity index is 1.71. The molecule has 0 aliphatic rings. The molecule has 0 unspecified atom stereocenters. The Labute approximate surface area is 151 Å². The number of carbonyl (C=O) groups is 1. The molecule has 2 aromatic heterocycles. The first-order valence-corrected chi connectivity index (χ1v) is 8.78. The number of rotatable bonds is 5. The van der Waals surface area contributed by atoms with E-state index in [1.807, 2.05) is 25.2 Å². The van der Waals surface area contributed by atoms with E-state index in [9.17, 15) is 4.79 Å². The van der Waals surface area contributed by atoms with Gasteiger partial charge in [-0.2, -0.15) is 0 Å². The van der Waals surface area contributed by atoms with Gasteiger partial charge in [-0.25, -0.2) is 9.97 Å². The summed E-state index contributed by atoms with van der Waals surface area (Å²) >= 11 is 1.49. The van der Waals surface area contributed by atoms with Crippen molar-refractivity contribution in [3.05, 3.63) is 70.4 Å². The maximum atomic E-state index is 12.5. The Bertz CT molecular complexity index is 871. The number of carbonyl (C=O) groups excluding carboxylic acids is 1. The van der Waals surface area contributed by atoms with Gasteiger partial charge in [0.1, 0.15) is 5.82 Å². The second kappa shape index (κ2) is 7.44. The van der Waals surface area contributed by atoms with Crippen molar-refractivity contribution >= 4 is 28.2 Å². The number of amides is 1. The van der Waals surface area contributed by atoms with Crippen LogP contribution in [0.4, 0.5) is 10.9 Å². The molecule has 128 valence electrons. The van der Waals surface area contributed by atoms with Gasteiger partial charge >= 0.3 is 0 Å². The molecule has 2 heterocycles. The highest BCUT2D eigenvalue weighted by molar-refractivity contribution is 7.15. The number of thiazole rings is 1. The molecule has 0 aliphatic heterocycles. The van der Waals surface area contributed by atoms with Gasteiger partial charge < -0.3 is 4.90 Å². The summed E-state index contributed by atoms with van der Waals surface area (Å²) in [6, 6.07) is 12.0. The molecule has 5 nitrogen and oxygen atoms in total. The Morgan fingerprint density at radius 1 is 1.16 bits per heavy atom. The average Bonchev–Trinajstić information content (AvgIpc) is 3.03. The monoisotopic (exact) mass is 352 g/mol. The molecule has 1 N–H and O–H groups in total. The van der Waals surface area contributed by atoms with Gasteiger partial charge in [0.15, 0.2) is 5.13 Å². The summed E-state index contributed by atoms with van der Waals surface area (Å²) in [4.78, 5) is 24.0. The highest BCUT2D eigenvalue weighted by atomic mass is 32.1. The van der Waals surface area contributed by atoms with Crippen LogP contribution in [0.25, 0.3) is 0 Å². The van der Waals surface area contributed by atoms with Crippen molar-refractivity contribution in [3.8, 4) is 0 Å². The SMILES string of the molecule is Cc1ccc(Cc2cnc(NC(=O)c3cccnc3N(C)C)s2)cc1. The average molecular weight is 352 g/mol. The Morgan fingerprint density at radius 3 is 2.64 bits per heavy atom. The second-order valence-corrected chi connectivity index (χ2v) is 7.13. The van der Waals surface area contributed by atoms with E-state index in [2.05, 4.69) is 46.5 Å². The van der Waals surface area contributed by atoms with Crippen molar-refractivity contribution in [3.63, 3.8) is 0 Å². The van der Waals surface area contributed by atoms with Crippen molar-refractivity contribution in [2.45, 2.75) is 13.3 Å². The van der Waals surface area contributed by atoms with E-state index in [0.717, 1.165) is 11.3 Å². The van der Waals surface area contributed by atoms with E-state index < -0.39 is 0 Å². The van der Waals surface area contributed by atoms with Gasteiger partial charge in [0.2, 0.25) is 0 Å². The molecule has 3 rings (SSSR count). The number of anilines is 2. The summed E-state index contributed by atoms with van der Waals surface area (Å²) in [6.45, 7) is 2.07. The van der Waals surface area contributed by atoms with Crippen LogP contribution in [0.2, 0.25) is 0 Å². The standard InChI is InChI=1S/C19H20N4OS/c1-13-6-8-14(9-7-13)11-15-12-21-19(25-15)22-18(24)16-5-4-10-20-17(16)23(2)3/h4-10,12H,11H2,1-3H3,(H,21,22,24). The summed E-state index contributed by atoms with van der Waals surface area (Å²) in [5, 5.41) is 3.47. The lowest BCUT2D eigenvalue weighted by Gasteiger charge is -2.14. The molecule has 0 fully saturated rings. The molecular weight excluding hydrogens is 332 g/mol. The van der Waals surface area contributed by atoms with Crippen LogP contribution in [-0.2, 0) is 6.42 Å². The fourth-order valence-electron chi connectivity index (χ4n) is 2.45. The highest BCUT2D eigenvalue weighted by Gasteiger charge is 2.15. The first-order valence-electron chi connectivity index (χ1n) is 7.97. The Morgan fingerprint density at radius 2 is 1.92 bits per heavy atom. The molecule has 6 heteroatoms. The van der Waals surface area contributed by atoms with Crippen molar-refractivity contribution in [2.75, 3.05) is 24.3 Å². The summed E-state index contributed by atoms with van der Waals surface area (Å²) in [5.74, 6) is 0.435. The smallest absolute Gasteiger partial charge is 0.261 e. The molecule has 0 saturated heterocycles. The second-order valence-electron chi connectivity index (χ2n) is 6.02. The molecule has 0 radical (unpaired) electrons. The summed E-state index contributed by atoms with van der Waals surface area (Å²) in [7, 11) is 3.73. The lowest BCUT2D eigenvalue weighted by Crippen LogP contribution is -2.19. The molecule has 1 aromatic carbocycles. The number of nitrogens with zero attached hydrogens (tertiary/aromatic N) is 3. The quantitative estimate of drug-likeness (QED) is 0.760. The van der Waals surface area contributed by atoms with Crippen LogP contribution >= 0.6 is 11.3 Å². The third kappa shape index (κ3) is 4.22. The van der Waals surface area contributed by atoms with Crippen molar-refractivity contribution in [1.82, 2.24) is 9.97 Å². The maximum Gasteiger partial charge on any atom is 0.261 e. The first kappa shape index (κ1) is 17.1. The fraction of sp³-hybridized carbons (Fsp3) is 0.211. The third-order valence-electron chi connectivity index (χ3n) is 3.73. The molecule has 25 heavy (non-hydrogen) atoms. The van der Waals surface area contributed by atoms with Gasteiger partial charge in [-0.1, -0.05) is 29.8 Å². The zero-order chi connectivity index (χ0) is 17.8. The van der Waals surface area contributed by atoms with E-state index >= 15 is 0 Å². The van der Waals surface area contributed by atoms with Gasteiger partial charge in [0, 0.05) is 37.8 Å². The van der Waals surface area contributed by atoms with Gasteiger partial charge in [-0.05, 0) is 24.6 Å². The van der Waals surface area contributed by atoms with Crippen LogP contribution < -0.4 is 10.2 Å². The minimum absolute atomic E-state index is 0.201. The summed E-state index contributed by atoms with van der Waals surface area (Å²) in [5.41, 5.74) is 3.01. The maximum absolute atomic E-state index is 12.5. The van der Waals surface area contributed by atoms with Crippen LogP contribution in [0.15, 0.2) is 48.8 Å². The topological polar surface area (TPSA) is 58.1 Å². The molecule has 3 aromatic rings. The number of nitrogens with one attached hydrogen (secondary N) is 1. The fourth-order valence-corrected chi connectivity index (χ4v) is 3.29. The zero-order valence-electron chi connectivity index (χ0n) is 14.5. The van der Waals surface area contributed by atoms with Crippen LogP contribution in [0.1, 0.15) is 26.4 Å². The van der Waals surface area contributed by atoms with Gasteiger partial charge in [0.25, 0.3) is 5.91 Å². The minimum Gasteiger partial charge on any atom is -0.362 e. The van der Waals surface area contributed by atoms with E-state index in [-0.39, 0.29) is 5.91 Å². The molecule has 1 amide bonds. The van der Waals surface area contributed by atoms with Gasteiger partial charge in [-0.3, -0.25) is 10.1 Å². The molecule has 0 spiro atoms. The Kier molecular flexibility index (Phi) is 5.09. The predicted octanol–water partition coefficient (Wildman–Crippen LogP) is 3.76. The van der Waals surface area contributed by atoms with Gasteiger partial charge in [-0.15, -0.1) is 11.3 Å². The molecule has 0 aliphatic carbocycles. The number of aryl methyl sites for hydroxylation is 1. The molecule has 0 bridgehead atoms. The number of hydrogen-bond donors (Lipinski definition) is 1. The van der Waals surface area contributed by atoms with Crippen LogP contribution in [0.3, 0.4) is 0 Å². The van der Waals surface area contributed by atoms with E-state index in [1.165, 1.54) is 22.5 Å².